The first-order valence-corrected chi connectivity index (χ1v) is 41.3. The maximum atomic E-state index is 13.4. The average molecular weight is 1650 g/mol. The summed E-state index contributed by atoms with van der Waals surface area (Å²) in [7, 11) is 0. The van der Waals surface area contributed by atoms with Gasteiger partial charge in [-0.1, -0.05) is 135 Å². The Bertz CT molecular complexity index is 4910. The highest BCUT2D eigenvalue weighted by Crippen LogP contribution is 2.35. The fraction of sp³-hybridized carbons (Fsp3) is 0.536. The molecule has 0 aliphatic heterocycles. The number of carbonyl (C=O) groups is 4. The van der Waals surface area contributed by atoms with Crippen LogP contribution >= 0.6 is 23.2 Å². The summed E-state index contributed by atoms with van der Waals surface area (Å²) < 4.78 is 13.4. The molecule has 10 aromatic rings. The van der Waals surface area contributed by atoms with E-state index in [9.17, 15) is 28.7 Å². The van der Waals surface area contributed by atoms with E-state index >= 15 is 0 Å². The maximum absolute atomic E-state index is 13.4. The lowest BCUT2D eigenvalue weighted by atomic mass is 9.88. The molecule has 5 atom stereocenters. The van der Waals surface area contributed by atoms with Gasteiger partial charge in [-0.15, -0.1) is 0 Å². The Hall–Kier alpha value is -10.4. The van der Waals surface area contributed by atoms with E-state index in [4.69, 9.17) is 51.9 Å². The van der Waals surface area contributed by atoms with E-state index in [1.165, 1.54) is 18.7 Å². The topological polar surface area (TPSA) is 472 Å². The van der Waals surface area contributed by atoms with Crippen molar-refractivity contribution in [2.24, 2.45) is 0 Å². The Morgan fingerprint density at radius 3 is 0.906 bits per heavy atom. The van der Waals surface area contributed by atoms with Gasteiger partial charge in [0.2, 0.25) is 29.7 Å². The molecule has 0 spiro atoms. The zero-order chi connectivity index (χ0) is 86.1. The number of hydrogen-bond donors (Lipinski definition) is 11. The Kier molecular flexibility index (Phi) is 37.5. The Labute approximate surface area is 696 Å². The van der Waals surface area contributed by atoms with Crippen LogP contribution in [0.5, 0.6) is 0 Å². The maximum Gasteiger partial charge on any atom is 0.222 e. The van der Waals surface area contributed by atoms with Crippen LogP contribution in [0.4, 0.5) is 63.2 Å². The number of aliphatic hydroxyl groups excluding tert-OH is 1. The van der Waals surface area contributed by atoms with E-state index in [0.29, 0.717) is 121 Å². The first-order chi connectivity index (χ1) is 55.5. The van der Waals surface area contributed by atoms with Gasteiger partial charge in [-0.2, -0.15) is 24.9 Å². The van der Waals surface area contributed by atoms with Gasteiger partial charge in [0.05, 0.1) is 56.0 Å². The van der Waals surface area contributed by atoms with Gasteiger partial charge < -0.3 is 79.5 Å². The molecule has 30 nitrogen and oxygen atoms in total. The summed E-state index contributed by atoms with van der Waals surface area (Å²) in [6, 6.07) is 12.1. The molecule has 33 heteroatoms. The number of pyridine rings is 5. The monoisotopic (exact) mass is 1650 g/mol. The van der Waals surface area contributed by atoms with Crippen LogP contribution in [-0.4, -0.2) is 137 Å². The summed E-state index contributed by atoms with van der Waals surface area (Å²) in [5.41, 5.74) is 33.5. The first-order valence-electron chi connectivity index (χ1n) is 40.5. The van der Waals surface area contributed by atoms with Crippen molar-refractivity contribution in [1.82, 2.24) is 74.8 Å². The molecule has 0 aliphatic rings. The number of aromatic nitrogens is 15. The lowest BCUT2D eigenvalue weighted by Gasteiger charge is -2.32. The second kappa shape index (κ2) is 45.9. The van der Waals surface area contributed by atoms with Crippen LogP contribution in [0.25, 0.3) is 55.2 Å². The molecule has 0 amide bonds. The molecule has 0 unspecified atom stereocenters. The third-order valence-electron chi connectivity index (χ3n) is 20.0. The number of anilines is 10. The largest absolute Gasteiger partial charge is 0.394 e. The van der Waals surface area contributed by atoms with Gasteiger partial charge in [-0.05, 0) is 156 Å². The van der Waals surface area contributed by atoms with E-state index in [2.05, 4.69) is 164 Å². The second-order valence-corrected chi connectivity index (χ2v) is 32.5. The van der Waals surface area contributed by atoms with Crippen LogP contribution < -0.4 is 55.3 Å². The van der Waals surface area contributed by atoms with Crippen LogP contribution in [0, 0.1) is 5.82 Å². The SMILES string of the molecule is CCCCC[C@](C)(CCC(C)=O)Nc1nc(N)nc2cc(Cl)cnc12.CCCCC[C@](C)(CCC(C)=O)Nc1nc(N)nc2cccnc12.CCCC[C@@](C)(CCC(C)=O)Nc1nc(N)nc2cc(F)cnc12.CCCC[C@@](C)(CCC(C)=O)Nc1nc(N)nc2cccnc12.CCCC[C@@](C)(CO)Nc1nc(N)nc2cc(Cl)cnc12. The van der Waals surface area contributed by atoms with Gasteiger partial charge in [0.1, 0.15) is 56.5 Å². The van der Waals surface area contributed by atoms with Crippen molar-refractivity contribution in [2.45, 2.75) is 285 Å². The Morgan fingerprint density at radius 1 is 0.359 bits per heavy atom. The number of halogens is 3. The molecule has 10 rings (SSSR count). The van der Waals surface area contributed by atoms with Crippen molar-refractivity contribution in [2.75, 3.05) is 61.9 Å². The number of nitrogens with one attached hydrogen (secondary N) is 5. The quantitative estimate of drug-likeness (QED) is 0.0159. The van der Waals surface area contributed by atoms with Gasteiger partial charge in [0, 0.05) is 78.7 Å². The van der Waals surface area contributed by atoms with Crippen molar-refractivity contribution < 1.29 is 28.7 Å². The van der Waals surface area contributed by atoms with Crippen molar-refractivity contribution in [3.8, 4) is 0 Å². The summed E-state index contributed by atoms with van der Waals surface area (Å²) in [6.45, 7) is 27.6. The Morgan fingerprint density at radius 2 is 0.615 bits per heavy atom. The molecule has 0 saturated carbocycles. The average Bonchev–Trinajstić information content (AvgIpc) is 0.812. The highest BCUT2D eigenvalue weighted by atomic mass is 35.5. The smallest absolute Gasteiger partial charge is 0.222 e. The number of rotatable bonds is 40. The Balaban J connectivity index is 0.000000227. The van der Waals surface area contributed by atoms with E-state index in [0.717, 1.165) is 134 Å². The third kappa shape index (κ3) is 31.5. The zero-order valence-corrected chi connectivity index (χ0v) is 72.1. The van der Waals surface area contributed by atoms with E-state index < -0.39 is 11.4 Å². The number of aliphatic hydroxyl groups is 1. The summed E-state index contributed by atoms with van der Waals surface area (Å²) in [5, 5.41) is 27.8. The fourth-order valence-corrected chi connectivity index (χ4v) is 13.4. The third-order valence-corrected chi connectivity index (χ3v) is 20.4. The number of unbranched alkanes of at least 4 members (excludes halogenated alkanes) is 7. The molecule has 10 aromatic heterocycles. The second-order valence-electron chi connectivity index (χ2n) is 31.6. The van der Waals surface area contributed by atoms with Crippen molar-refractivity contribution in [3.05, 3.63) is 89.3 Å². The van der Waals surface area contributed by atoms with Crippen LogP contribution in [0.1, 0.15) is 257 Å². The number of nitrogen functional groups attached to an aromatic ring is 5. The van der Waals surface area contributed by atoms with Crippen LogP contribution in [0.3, 0.4) is 0 Å². The minimum absolute atomic E-state index is 0.00795. The van der Waals surface area contributed by atoms with Crippen LogP contribution in [0.15, 0.2) is 73.4 Å². The molecule has 0 aromatic carbocycles. The minimum Gasteiger partial charge on any atom is -0.394 e. The minimum atomic E-state index is -0.481. The van der Waals surface area contributed by atoms with Gasteiger partial charge in [-0.3, -0.25) is 9.97 Å². The van der Waals surface area contributed by atoms with Gasteiger partial charge in [0.25, 0.3) is 0 Å². The number of hydrogen-bond acceptors (Lipinski definition) is 30. The summed E-state index contributed by atoms with van der Waals surface area (Å²) in [4.78, 5) is 109. The predicted molar refractivity (Wildman–Crippen MR) is 472 cm³/mol. The highest BCUT2D eigenvalue weighted by molar-refractivity contribution is 6.31. The summed E-state index contributed by atoms with van der Waals surface area (Å²) >= 11 is 11.9. The predicted octanol–water partition coefficient (Wildman–Crippen LogP) is 17.5. The van der Waals surface area contributed by atoms with Crippen molar-refractivity contribution >= 4 is 160 Å². The zero-order valence-electron chi connectivity index (χ0n) is 70.6. The van der Waals surface area contributed by atoms with E-state index in [-0.39, 0.29) is 81.6 Å². The number of carbonyl (C=O) groups excluding carboxylic acids is 4. The highest BCUT2D eigenvalue weighted by Gasteiger charge is 2.31. The number of Topliss-reactive ketones (excluding diaryl/α,β-unsaturated/α-hetero) is 4. The molecule has 0 bridgehead atoms. The lowest BCUT2D eigenvalue weighted by Crippen LogP contribution is -2.39. The molecule has 16 N–H and O–H groups in total. The molecule has 0 fully saturated rings. The fourth-order valence-electron chi connectivity index (χ4n) is 13.1. The van der Waals surface area contributed by atoms with Crippen molar-refractivity contribution in [3.63, 3.8) is 0 Å². The summed E-state index contributed by atoms with van der Waals surface area (Å²) in [5.74, 6) is 3.90. The first kappa shape index (κ1) is 95.4. The molecule has 0 saturated heterocycles. The summed E-state index contributed by atoms with van der Waals surface area (Å²) in [6.07, 6.45) is 30.3. The number of nitrogens with zero attached hydrogens (tertiary/aromatic N) is 15. The van der Waals surface area contributed by atoms with Gasteiger partial charge in [0.15, 0.2) is 29.1 Å². The van der Waals surface area contributed by atoms with Crippen LogP contribution in [-0.2, 0) is 19.2 Å². The molecule has 10 heterocycles. The number of ketones is 4. The molecular weight excluding hydrogens is 1530 g/mol. The molecule has 0 aliphatic carbocycles. The molecular formula is C84H122Cl2FN25O5. The van der Waals surface area contributed by atoms with Gasteiger partial charge in [-0.25, -0.2) is 44.3 Å². The molecule has 634 valence electrons. The normalized spacial score (nSPS) is 13.7. The van der Waals surface area contributed by atoms with Gasteiger partial charge >= 0.3 is 0 Å². The number of fused-ring (bicyclic) bond motifs is 5. The molecule has 0 radical (unpaired) electrons. The van der Waals surface area contributed by atoms with E-state index in [1.807, 2.05) is 31.2 Å². The van der Waals surface area contributed by atoms with E-state index in [1.54, 1.807) is 58.4 Å². The van der Waals surface area contributed by atoms with Crippen LogP contribution in [0.2, 0.25) is 10.0 Å². The molecule has 117 heavy (non-hydrogen) atoms. The standard InChI is InChI=1S/C18H26ClN5O.C18H27N5O.C17H24FN5O.C17H25N5O.C14H20ClN5O/c1-4-5-6-8-18(3,9-7-12(2)25)24-16-15-14(22-17(20)23-16)10-13(19)11-21-15;1-4-5-6-10-18(3,11-9-13(2)24)23-16-15-14(8-7-12-20-15)21-17(19)22-16;1-4-5-7-17(3,8-6-11(2)24)23-15-14-13(21-16(19)22-15)9-12(18)10-20-14;1-4-5-9-17(3,10-8-12(2)23)22-15-14-13(7-6-11-19-14)20-16(18)21-15;1-3-4-5-14(2,8-21)20-12-11-10(18-13(16)19-12)6-9(15)7-17-11/h10-11H,4-9H2,1-3H3,(H3,20,22,23,24);7-8,12H,4-6,9-11H2,1-3H3,(H3,19,21,22,23);9-10H,4-8H2,1-3H3,(H3,19,21,22,23);6-7,11H,4-5,8-10H2,1-3H3,(H3,18,20,21,22);6-7,21H,3-5,8H2,1-2H3,(H3,16,18,19,20)/t2*18-;2*17-;14-/m11000/s1. The lowest BCUT2D eigenvalue weighted by molar-refractivity contribution is -0.118. The van der Waals surface area contributed by atoms with Crippen molar-refractivity contribution in [1.29, 1.82) is 0 Å². The number of nitrogens with two attached hydrogens (primary N) is 5.